The van der Waals surface area contributed by atoms with E-state index in [1.165, 1.54) is 0 Å². The second-order valence-corrected chi connectivity index (χ2v) is 5.13. The van der Waals surface area contributed by atoms with Crippen LogP contribution in [0.5, 0.6) is 0 Å². The van der Waals surface area contributed by atoms with Crippen molar-refractivity contribution in [3.05, 3.63) is 46.6 Å². The number of benzene rings is 2. The SMILES string of the molecule is NC(=O)c1ccc2c(c1)cc(Br)c1ccnc(N)c12. The van der Waals surface area contributed by atoms with Crippen molar-refractivity contribution >= 4 is 49.2 Å². The minimum atomic E-state index is -0.447. The molecule has 0 atom stereocenters. The molecule has 19 heavy (non-hydrogen) atoms. The quantitative estimate of drug-likeness (QED) is 0.677. The van der Waals surface area contributed by atoms with Crippen LogP contribution in [0.2, 0.25) is 0 Å². The number of halogens is 1. The van der Waals surface area contributed by atoms with E-state index in [0.29, 0.717) is 11.4 Å². The predicted octanol–water partition coefficient (Wildman–Crippen LogP) is 2.83. The molecule has 4 nitrogen and oxygen atoms in total. The third kappa shape index (κ3) is 1.82. The van der Waals surface area contributed by atoms with E-state index in [4.69, 9.17) is 11.5 Å². The van der Waals surface area contributed by atoms with Crippen LogP contribution >= 0.6 is 15.9 Å². The summed E-state index contributed by atoms with van der Waals surface area (Å²) in [4.78, 5) is 15.4. The number of carbonyl (C=O) groups excluding carboxylic acids is 1. The van der Waals surface area contributed by atoms with Crippen LogP contribution in [0.15, 0.2) is 41.0 Å². The first-order chi connectivity index (χ1) is 9.08. The Bertz CT molecular complexity index is 830. The van der Waals surface area contributed by atoms with Crippen molar-refractivity contribution in [2.24, 2.45) is 5.73 Å². The number of nitrogens with zero attached hydrogens (tertiary/aromatic N) is 1. The van der Waals surface area contributed by atoms with E-state index in [0.717, 1.165) is 26.0 Å². The summed E-state index contributed by atoms with van der Waals surface area (Å²) in [5.74, 6) is 0.0212. The molecule has 0 aliphatic rings. The Labute approximate surface area is 117 Å². The van der Waals surface area contributed by atoms with Crippen molar-refractivity contribution < 1.29 is 4.79 Å². The lowest BCUT2D eigenvalue weighted by Crippen LogP contribution is -2.10. The van der Waals surface area contributed by atoms with Crippen LogP contribution in [0.25, 0.3) is 21.5 Å². The summed E-state index contributed by atoms with van der Waals surface area (Å²) >= 11 is 3.51. The lowest BCUT2D eigenvalue weighted by atomic mass is 10.0. The van der Waals surface area contributed by atoms with E-state index < -0.39 is 5.91 Å². The number of pyridine rings is 1. The van der Waals surface area contributed by atoms with Gasteiger partial charge in [0.25, 0.3) is 0 Å². The third-order valence-electron chi connectivity index (χ3n) is 3.13. The average Bonchev–Trinajstić information content (AvgIpc) is 2.38. The molecule has 0 spiro atoms. The van der Waals surface area contributed by atoms with Crippen LogP contribution in [-0.2, 0) is 0 Å². The fraction of sp³-hybridized carbons (Fsp3) is 0. The van der Waals surface area contributed by atoms with E-state index >= 15 is 0 Å². The summed E-state index contributed by atoms with van der Waals surface area (Å²) < 4.78 is 0.908. The van der Waals surface area contributed by atoms with Crippen LogP contribution < -0.4 is 11.5 Å². The molecule has 0 bridgehead atoms. The monoisotopic (exact) mass is 315 g/mol. The standard InChI is InChI=1S/C14H10BrN3O/c15-11-6-8-5-7(14(17)19)1-2-9(8)12-10(11)3-4-18-13(12)16/h1-6H,(H2,16,18)(H2,17,19). The van der Waals surface area contributed by atoms with E-state index in [-0.39, 0.29) is 0 Å². The summed E-state index contributed by atoms with van der Waals surface area (Å²) in [7, 11) is 0. The summed E-state index contributed by atoms with van der Waals surface area (Å²) in [5, 5.41) is 3.72. The van der Waals surface area contributed by atoms with Crippen molar-refractivity contribution in [3.8, 4) is 0 Å². The van der Waals surface area contributed by atoms with Crippen molar-refractivity contribution in [2.45, 2.75) is 0 Å². The Morgan fingerprint density at radius 1 is 1.16 bits per heavy atom. The number of aromatic nitrogens is 1. The topological polar surface area (TPSA) is 82.0 Å². The minimum absolute atomic E-state index is 0.447. The van der Waals surface area contributed by atoms with Gasteiger partial charge in [0.05, 0.1) is 0 Å². The van der Waals surface area contributed by atoms with Crippen LogP contribution in [0.4, 0.5) is 5.82 Å². The van der Waals surface area contributed by atoms with Gasteiger partial charge in [0.1, 0.15) is 5.82 Å². The van der Waals surface area contributed by atoms with Crippen molar-refractivity contribution in [1.29, 1.82) is 0 Å². The Morgan fingerprint density at radius 2 is 1.95 bits per heavy atom. The first-order valence-corrected chi connectivity index (χ1v) is 6.43. The summed E-state index contributed by atoms with van der Waals surface area (Å²) in [6.07, 6.45) is 1.67. The van der Waals surface area contributed by atoms with E-state index in [2.05, 4.69) is 20.9 Å². The van der Waals surface area contributed by atoms with Gasteiger partial charge in [-0.15, -0.1) is 0 Å². The van der Waals surface area contributed by atoms with Gasteiger partial charge in [0.15, 0.2) is 0 Å². The molecule has 1 aromatic heterocycles. The van der Waals surface area contributed by atoms with Gasteiger partial charge in [0, 0.05) is 27.0 Å². The number of primary amides is 1. The molecule has 0 aliphatic heterocycles. The molecule has 94 valence electrons. The highest BCUT2D eigenvalue weighted by Gasteiger charge is 2.10. The summed E-state index contributed by atoms with van der Waals surface area (Å²) in [6, 6.07) is 9.15. The number of fused-ring (bicyclic) bond motifs is 3. The first-order valence-electron chi connectivity index (χ1n) is 5.64. The number of rotatable bonds is 1. The van der Waals surface area contributed by atoms with Gasteiger partial charge in [-0.05, 0) is 35.0 Å². The molecule has 1 amide bonds. The van der Waals surface area contributed by atoms with Crippen LogP contribution in [0.1, 0.15) is 10.4 Å². The van der Waals surface area contributed by atoms with Gasteiger partial charge in [-0.2, -0.15) is 0 Å². The minimum Gasteiger partial charge on any atom is -0.383 e. The molecule has 0 unspecified atom stereocenters. The van der Waals surface area contributed by atoms with Crippen LogP contribution in [0, 0.1) is 0 Å². The molecule has 3 aromatic rings. The number of hydrogen-bond donors (Lipinski definition) is 2. The van der Waals surface area contributed by atoms with Crippen LogP contribution in [0.3, 0.4) is 0 Å². The molecule has 0 radical (unpaired) electrons. The number of amides is 1. The van der Waals surface area contributed by atoms with Gasteiger partial charge in [-0.3, -0.25) is 4.79 Å². The number of carbonyl (C=O) groups is 1. The van der Waals surface area contributed by atoms with E-state index in [9.17, 15) is 4.79 Å². The summed E-state index contributed by atoms with van der Waals surface area (Å²) in [6.45, 7) is 0. The molecule has 0 aliphatic carbocycles. The van der Waals surface area contributed by atoms with E-state index in [1.807, 2.05) is 18.2 Å². The Balaban J connectivity index is 2.51. The fourth-order valence-electron chi connectivity index (χ4n) is 2.24. The maximum Gasteiger partial charge on any atom is 0.248 e. The molecule has 2 aromatic carbocycles. The highest BCUT2D eigenvalue weighted by molar-refractivity contribution is 9.10. The van der Waals surface area contributed by atoms with Gasteiger partial charge >= 0.3 is 0 Å². The number of hydrogen-bond acceptors (Lipinski definition) is 3. The maximum atomic E-state index is 11.2. The zero-order chi connectivity index (χ0) is 13.6. The van der Waals surface area contributed by atoms with Gasteiger partial charge < -0.3 is 11.5 Å². The van der Waals surface area contributed by atoms with Crippen molar-refractivity contribution in [1.82, 2.24) is 4.98 Å². The van der Waals surface area contributed by atoms with Gasteiger partial charge in [-0.25, -0.2) is 4.98 Å². The molecule has 3 rings (SSSR count). The second-order valence-electron chi connectivity index (χ2n) is 4.28. The maximum absolute atomic E-state index is 11.2. The van der Waals surface area contributed by atoms with Crippen molar-refractivity contribution in [3.63, 3.8) is 0 Å². The molecule has 0 saturated carbocycles. The second kappa shape index (κ2) is 4.20. The molecule has 1 heterocycles. The zero-order valence-electron chi connectivity index (χ0n) is 9.85. The highest BCUT2D eigenvalue weighted by atomic mass is 79.9. The highest BCUT2D eigenvalue weighted by Crippen LogP contribution is 2.34. The average molecular weight is 316 g/mol. The Hall–Kier alpha value is -2.14. The fourth-order valence-corrected chi connectivity index (χ4v) is 2.81. The smallest absolute Gasteiger partial charge is 0.248 e. The number of nitrogens with two attached hydrogens (primary N) is 2. The lowest BCUT2D eigenvalue weighted by Gasteiger charge is -2.09. The molecular formula is C14H10BrN3O. The number of anilines is 1. The normalized spacial score (nSPS) is 11.0. The third-order valence-corrected chi connectivity index (χ3v) is 3.78. The molecule has 4 N–H and O–H groups in total. The van der Waals surface area contributed by atoms with Gasteiger partial charge in [0.2, 0.25) is 5.91 Å². The molecular weight excluding hydrogens is 306 g/mol. The largest absolute Gasteiger partial charge is 0.383 e. The lowest BCUT2D eigenvalue weighted by molar-refractivity contribution is 0.100. The Kier molecular flexibility index (Phi) is 2.64. The summed E-state index contributed by atoms with van der Waals surface area (Å²) in [5.41, 5.74) is 11.7. The van der Waals surface area contributed by atoms with Gasteiger partial charge in [-0.1, -0.05) is 22.0 Å². The van der Waals surface area contributed by atoms with Crippen LogP contribution in [-0.4, -0.2) is 10.9 Å². The van der Waals surface area contributed by atoms with Crippen molar-refractivity contribution in [2.75, 3.05) is 5.73 Å². The van der Waals surface area contributed by atoms with E-state index in [1.54, 1.807) is 18.3 Å². The number of nitrogen functional groups attached to an aromatic ring is 1. The molecule has 0 saturated heterocycles. The zero-order valence-corrected chi connectivity index (χ0v) is 11.4. The first kappa shape index (κ1) is 11.9. The molecule has 0 fully saturated rings. The Morgan fingerprint density at radius 3 is 2.68 bits per heavy atom. The molecule has 5 heteroatoms. The predicted molar refractivity (Wildman–Crippen MR) is 79.9 cm³/mol.